The number of rotatable bonds is 2. The van der Waals surface area contributed by atoms with Gasteiger partial charge in [-0.2, -0.15) is 0 Å². The summed E-state index contributed by atoms with van der Waals surface area (Å²) in [5.41, 5.74) is -0.257. The smallest absolute Gasteiger partial charge is 0.322 e. The summed E-state index contributed by atoms with van der Waals surface area (Å²) in [7, 11) is 0. The Morgan fingerprint density at radius 3 is 2.63 bits per heavy atom. The highest BCUT2D eigenvalue weighted by atomic mass is 35.5. The lowest BCUT2D eigenvalue weighted by molar-refractivity contribution is -0.136. The second kappa shape index (κ2) is 6.72. The number of thioether (sulfide) groups is 1. The highest BCUT2D eigenvalue weighted by Gasteiger charge is 2.48. The van der Waals surface area contributed by atoms with Gasteiger partial charge in [-0.05, 0) is 31.0 Å². The Morgan fingerprint density at radius 1 is 1.22 bits per heavy atom. The molecular formula is C17H17ClN4O4S. The third kappa shape index (κ3) is 3.37. The molecule has 1 aromatic rings. The Morgan fingerprint density at radius 2 is 1.96 bits per heavy atom. The number of urea groups is 1. The molecule has 1 atom stereocenters. The molecule has 0 aromatic heterocycles. The van der Waals surface area contributed by atoms with Gasteiger partial charge in [0.2, 0.25) is 11.8 Å². The van der Waals surface area contributed by atoms with E-state index in [9.17, 15) is 19.2 Å². The molecule has 0 bridgehead atoms. The van der Waals surface area contributed by atoms with Gasteiger partial charge in [0.05, 0.1) is 10.9 Å². The van der Waals surface area contributed by atoms with Crippen LogP contribution < -0.4 is 16.0 Å². The fourth-order valence-electron chi connectivity index (χ4n) is 3.56. The van der Waals surface area contributed by atoms with Crippen molar-refractivity contribution < 1.29 is 19.2 Å². The minimum atomic E-state index is -0.914. The summed E-state index contributed by atoms with van der Waals surface area (Å²) in [5, 5.41) is 7.73. The zero-order chi connectivity index (χ0) is 19.2. The van der Waals surface area contributed by atoms with Crippen molar-refractivity contribution >= 4 is 52.8 Å². The fraction of sp³-hybridized carbons (Fsp3) is 0.412. The predicted molar refractivity (Wildman–Crippen MR) is 99.6 cm³/mol. The first-order valence-corrected chi connectivity index (χ1v) is 9.80. The standard InChI is InChI=1S/C17H17ClN4O4S/c18-9-1-2-11-10(7-9)19-14(24)12(27-11)8-13(23)22-5-3-17(4-6-22)15(25)20-16(26)21-17/h1-2,7,12H,3-6,8H2,(H,19,24)(H2,20,21,25,26). The van der Waals surface area contributed by atoms with Crippen LogP contribution in [0.3, 0.4) is 0 Å². The van der Waals surface area contributed by atoms with Gasteiger partial charge >= 0.3 is 6.03 Å². The molecule has 1 aromatic carbocycles. The van der Waals surface area contributed by atoms with E-state index in [1.54, 1.807) is 17.0 Å². The van der Waals surface area contributed by atoms with Crippen molar-refractivity contribution in [3.05, 3.63) is 23.2 Å². The van der Waals surface area contributed by atoms with Crippen LogP contribution in [0.1, 0.15) is 19.3 Å². The zero-order valence-electron chi connectivity index (χ0n) is 14.2. The molecule has 0 radical (unpaired) electrons. The summed E-state index contributed by atoms with van der Waals surface area (Å²) < 4.78 is 0. The molecule has 4 rings (SSSR count). The maximum Gasteiger partial charge on any atom is 0.322 e. The van der Waals surface area contributed by atoms with Gasteiger partial charge in [0, 0.05) is 29.4 Å². The monoisotopic (exact) mass is 408 g/mol. The first kappa shape index (κ1) is 18.1. The molecule has 0 saturated carbocycles. The van der Waals surface area contributed by atoms with E-state index in [-0.39, 0.29) is 24.1 Å². The van der Waals surface area contributed by atoms with E-state index in [1.165, 1.54) is 11.8 Å². The Labute approximate surface area is 164 Å². The van der Waals surface area contributed by atoms with Crippen molar-refractivity contribution in [2.75, 3.05) is 18.4 Å². The quantitative estimate of drug-likeness (QED) is 0.640. The summed E-state index contributed by atoms with van der Waals surface area (Å²) in [5.74, 6) is -0.698. The Bertz CT molecular complexity index is 853. The van der Waals surface area contributed by atoms with Gasteiger partial charge in [-0.3, -0.25) is 19.7 Å². The molecule has 5 amide bonds. The number of nitrogens with one attached hydrogen (secondary N) is 3. The second-order valence-corrected chi connectivity index (χ2v) is 8.49. The summed E-state index contributed by atoms with van der Waals surface area (Å²) in [6, 6.07) is 4.76. The lowest BCUT2D eigenvalue weighted by Gasteiger charge is -2.37. The number of amides is 5. The molecule has 2 fully saturated rings. The number of hydrogen-bond acceptors (Lipinski definition) is 5. The molecule has 27 heavy (non-hydrogen) atoms. The Hall–Kier alpha value is -2.26. The third-order valence-electron chi connectivity index (χ3n) is 5.11. The normalized spacial score (nSPS) is 23.5. The van der Waals surface area contributed by atoms with Crippen LogP contribution in [0.2, 0.25) is 5.02 Å². The summed E-state index contributed by atoms with van der Waals surface area (Å²) >= 11 is 7.29. The van der Waals surface area contributed by atoms with E-state index in [0.29, 0.717) is 36.6 Å². The second-order valence-electron chi connectivity index (χ2n) is 6.81. The maximum absolute atomic E-state index is 12.7. The van der Waals surface area contributed by atoms with Gasteiger partial charge in [0.25, 0.3) is 5.91 Å². The third-order valence-corrected chi connectivity index (χ3v) is 6.62. The van der Waals surface area contributed by atoms with Gasteiger partial charge in [-0.15, -0.1) is 11.8 Å². The van der Waals surface area contributed by atoms with Crippen LogP contribution in [-0.4, -0.2) is 52.5 Å². The van der Waals surface area contributed by atoms with E-state index < -0.39 is 16.8 Å². The number of piperidine rings is 1. The van der Waals surface area contributed by atoms with E-state index in [4.69, 9.17) is 11.6 Å². The van der Waals surface area contributed by atoms with E-state index in [0.717, 1.165) is 4.90 Å². The SMILES string of the molecule is O=C1NC(=O)C2(CCN(C(=O)CC3Sc4ccc(Cl)cc4NC3=O)CC2)N1. The lowest BCUT2D eigenvalue weighted by atomic mass is 9.87. The zero-order valence-corrected chi connectivity index (χ0v) is 15.8. The maximum atomic E-state index is 12.7. The minimum Gasteiger partial charge on any atom is -0.342 e. The number of nitrogens with zero attached hydrogens (tertiary/aromatic N) is 1. The molecule has 3 N–H and O–H groups in total. The summed E-state index contributed by atoms with van der Waals surface area (Å²) in [4.78, 5) is 50.9. The number of imide groups is 1. The van der Waals surface area contributed by atoms with E-state index in [2.05, 4.69) is 16.0 Å². The Kier molecular flexibility index (Phi) is 4.51. The number of carbonyl (C=O) groups excluding carboxylic acids is 4. The predicted octanol–water partition coefficient (Wildman–Crippen LogP) is 1.34. The fourth-order valence-corrected chi connectivity index (χ4v) is 4.82. The number of fused-ring (bicyclic) bond motifs is 1. The van der Waals surface area contributed by atoms with Crippen LogP contribution in [0, 0.1) is 0 Å². The van der Waals surface area contributed by atoms with Crippen LogP contribution >= 0.6 is 23.4 Å². The van der Waals surface area contributed by atoms with Crippen LogP contribution in [0.4, 0.5) is 10.5 Å². The average molecular weight is 409 g/mol. The molecule has 3 aliphatic heterocycles. The van der Waals surface area contributed by atoms with Gasteiger partial charge in [0.15, 0.2) is 0 Å². The number of hydrogen-bond donors (Lipinski definition) is 3. The molecule has 2 saturated heterocycles. The minimum absolute atomic E-state index is 0.0735. The molecule has 1 spiro atoms. The van der Waals surface area contributed by atoms with Gasteiger partial charge in [-0.1, -0.05) is 11.6 Å². The van der Waals surface area contributed by atoms with Crippen molar-refractivity contribution in [2.45, 2.75) is 34.9 Å². The van der Waals surface area contributed by atoms with Crippen LogP contribution in [0.5, 0.6) is 0 Å². The highest BCUT2D eigenvalue weighted by molar-refractivity contribution is 8.01. The number of halogens is 1. The molecule has 10 heteroatoms. The van der Waals surface area contributed by atoms with Crippen LogP contribution in [0.15, 0.2) is 23.1 Å². The molecule has 142 valence electrons. The van der Waals surface area contributed by atoms with E-state index in [1.807, 2.05) is 6.07 Å². The molecule has 3 heterocycles. The lowest BCUT2D eigenvalue weighted by Crippen LogP contribution is -2.56. The van der Waals surface area contributed by atoms with Crippen LogP contribution in [0.25, 0.3) is 0 Å². The van der Waals surface area contributed by atoms with Gasteiger partial charge < -0.3 is 15.5 Å². The molecular weight excluding hydrogens is 392 g/mol. The number of benzene rings is 1. The van der Waals surface area contributed by atoms with Crippen molar-refractivity contribution in [3.8, 4) is 0 Å². The first-order valence-electron chi connectivity index (χ1n) is 8.55. The first-order chi connectivity index (χ1) is 12.9. The number of anilines is 1. The van der Waals surface area contributed by atoms with Crippen molar-refractivity contribution in [1.82, 2.24) is 15.5 Å². The highest BCUT2D eigenvalue weighted by Crippen LogP contribution is 2.38. The Balaban J connectivity index is 1.37. The van der Waals surface area contributed by atoms with Crippen molar-refractivity contribution in [3.63, 3.8) is 0 Å². The topological polar surface area (TPSA) is 108 Å². The summed E-state index contributed by atoms with van der Waals surface area (Å²) in [6.07, 6.45) is 0.799. The van der Waals surface area contributed by atoms with Gasteiger partial charge in [-0.25, -0.2) is 4.79 Å². The van der Waals surface area contributed by atoms with Gasteiger partial charge in [0.1, 0.15) is 5.54 Å². The number of carbonyl (C=O) groups is 4. The van der Waals surface area contributed by atoms with Crippen molar-refractivity contribution in [1.29, 1.82) is 0 Å². The average Bonchev–Trinajstić information content (AvgIpc) is 2.89. The molecule has 1 unspecified atom stereocenters. The largest absolute Gasteiger partial charge is 0.342 e. The molecule has 8 nitrogen and oxygen atoms in total. The molecule has 3 aliphatic rings. The van der Waals surface area contributed by atoms with E-state index >= 15 is 0 Å². The summed E-state index contributed by atoms with van der Waals surface area (Å²) in [6.45, 7) is 0.718. The number of likely N-dealkylation sites (tertiary alicyclic amines) is 1. The van der Waals surface area contributed by atoms with Crippen LogP contribution in [-0.2, 0) is 14.4 Å². The molecule has 0 aliphatic carbocycles. The van der Waals surface area contributed by atoms with Crippen molar-refractivity contribution in [2.24, 2.45) is 0 Å².